The fourth-order valence-electron chi connectivity index (χ4n) is 3.44. The van der Waals surface area contributed by atoms with Crippen molar-refractivity contribution in [1.82, 2.24) is 14.9 Å². The molecule has 1 aromatic heterocycles. The first-order valence-corrected chi connectivity index (χ1v) is 9.48. The number of nitrogens with one attached hydrogen (secondary N) is 1. The van der Waals surface area contributed by atoms with E-state index in [2.05, 4.69) is 10.3 Å². The van der Waals surface area contributed by atoms with Crippen molar-refractivity contribution in [2.45, 2.75) is 58.1 Å². The summed E-state index contributed by atoms with van der Waals surface area (Å²) in [6.07, 6.45) is 8.78. The van der Waals surface area contributed by atoms with Gasteiger partial charge in [-0.1, -0.05) is 31.4 Å². The van der Waals surface area contributed by atoms with Crippen LogP contribution in [0.2, 0.25) is 0 Å². The first-order valence-electron chi connectivity index (χ1n) is 9.48. The van der Waals surface area contributed by atoms with Crippen LogP contribution in [0.1, 0.15) is 44.1 Å². The molecule has 1 heterocycles. The summed E-state index contributed by atoms with van der Waals surface area (Å²) >= 11 is 0. The summed E-state index contributed by atoms with van der Waals surface area (Å²) in [6, 6.07) is 5.49. The number of carbonyl (C=O) groups excluding carboxylic acids is 1. The molecule has 0 spiro atoms. The number of para-hydroxylation sites is 1. The summed E-state index contributed by atoms with van der Waals surface area (Å²) in [5.74, 6) is -0.182. The molecular formula is C20H27N3O3. The van der Waals surface area contributed by atoms with Crippen molar-refractivity contribution in [3.8, 4) is 0 Å². The molecule has 0 radical (unpaired) electrons. The van der Waals surface area contributed by atoms with Gasteiger partial charge in [0.05, 0.1) is 23.3 Å². The highest BCUT2D eigenvalue weighted by molar-refractivity contribution is 5.81. The molecule has 1 fully saturated rings. The zero-order valence-corrected chi connectivity index (χ0v) is 15.4. The van der Waals surface area contributed by atoms with Gasteiger partial charge in [0.2, 0.25) is 5.91 Å². The largest absolute Gasteiger partial charge is 0.378 e. The minimum absolute atomic E-state index is 0.0147. The number of ether oxygens (including phenoxy) is 1. The lowest BCUT2D eigenvalue weighted by Crippen LogP contribution is -2.33. The molecule has 2 aromatic rings. The molecule has 1 amide bonds. The maximum atomic E-state index is 12.5. The monoisotopic (exact) mass is 357 g/mol. The van der Waals surface area contributed by atoms with Gasteiger partial charge in [0.15, 0.2) is 0 Å². The number of aryl methyl sites for hydroxylation is 1. The van der Waals surface area contributed by atoms with Gasteiger partial charge in [-0.2, -0.15) is 0 Å². The van der Waals surface area contributed by atoms with Crippen molar-refractivity contribution >= 4 is 16.8 Å². The smallest absolute Gasteiger partial charge is 0.261 e. The van der Waals surface area contributed by atoms with Crippen LogP contribution < -0.4 is 10.9 Å². The SMILES string of the molecule is Cc1cccc2c(=O)n(CC(=O)NCCCOC3CCCCC3)cnc12. The van der Waals surface area contributed by atoms with Crippen LogP contribution in [-0.4, -0.2) is 34.7 Å². The second kappa shape index (κ2) is 8.94. The van der Waals surface area contributed by atoms with Crippen LogP contribution in [0, 0.1) is 6.92 Å². The lowest BCUT2D eigenvalue weighted by Gasteiger charge is -2.21. The number of fused-ring (bicyclic) bond motifs is 1. The predicted molar refractivity (Wildman–Crippen MR) is 101 cm³/mol. The third-order valence-electron chi connectivity index (χ3n) is 4.92. The zero-order valence-electron chi connectivity index (χ0n) is 15.4. The molecule has 3 rings (SSSR count). The number of carbonyl (C=O) groups is 1. The van der Waals surface area contributed by atoms with E-state index in [1.807, 2.05) is 19.1 Å². The predicted octanol–water partition coefficient (Wildman–Crippen LogP) is 2.56. The Morgan fingerprint density at radius 3 is 2.92 bits per heavy atom. The Labute approximate surface area is 153 Å². The van der Waals surface area contributed by atoms with Gasteiger partial charge in [-0.25, -0.2) is 4.98 Å². The van der Waals surface area contributed by atoms with Crippen molar-refractivity contribution in [1.29, 1.82) is 0 Å². The van der Waals surface area contributed by atoms with E-state index in [-0.39, 0.29) is 18.0 Å². The van der Waals surface area contributed by atoms with Crippen molar-refractivity contribution < 1.29 is 9.53 Å². The second-order valence-electron chi connectivity index (χ2n) is 6.98. The first-order chi connectivity index (χ1) is 12.6. The van der Waals surface area contributed by atoms with Gasteiger partial charge in [-0.15, -0.1) is 0 Å². The van der Waals surface area contributed by atoms with Gasteiger partial charge >= 0.3 is 0 Å². The molecule has 0 bridgehead atoms. The molecule has 1 aliphatic rings. The number of hydrogen-bond acceptors (Lipinski definition) is 4. The molecule has 6 nitrogen and oxygen atoms in total. The van der Waals surface area contributed by atoms with Gasteiger partial charge in [-0.3, -0.25) is 14.2 Å². The molecule has 0 aliphatic heterocycles. The van der Waals surface area contributed by atoms with Crippen LogP contribution in [0.4, 0.5) is 0 Å². The second-order valence-corrected chi connectivity index (χ2v) is 6.98. The highest BCUT2D eigenvalue weighted by atomic mass is 16.5. The maximum Gasteiger partial charge on any atom is 0.261 e. The van der Waals surface area contributed by atoms with Gasteiger partial charge in [0.1, 0.15) is 6.54 Å². The lowest BCUT2D eigenvalue weighted by atomic mass is 9.98. The van der Waals surface area contributed by atoms with Crippen molar-refractivity contribution in [2.24, 2.45) is 0 Å². The van der Waals surface area contributed by atoms with Crippen LogP contribution >= 0.6 is 0 Å². The molecule has 6 heteroatoms. The number of benzene rings is 1. The summed E-state index contributed by atoms with van der Waals surface area (Å²) in [5.41, 5.74) is 1.46. The summed E-state index contributed by atoms with van der Waals surface area (Å²) in [5, 5.41) is 3.39. The average molecular weight is 357 g/mol. The maximum absolute atomic E-state index is 12.5. The molecule has 0 atom stereocenters. The quantitative estimate of drug-likeness (QED) is 0.773. The fourth-order valence-corrected chi connectivity index (χ4v) is 3.44. The number of nitrogens with zero attached hydrogens (tertiary/aromatic N) is 2. The lowest BCUT2D eigenvalue weighted by molar-refractivity contribution is -0.121. The Bertz CT molecular complexity index is 810. The molecular weight excluding hydrogens is 330 g/mol. The van der Waals surface area contributed by atoms with Crippen LogP contribution in [0.3, 0.4) is 0 Å². The van der Waals surface area contributed by atoms with E-state index in [0.717, 1.165) is 24.8 Å². The van der Waals surface area contributed by atoms with Gasteiger partial charge in [0, 0.05) is 13.2 Å². The molecule has 140 valence electrons. The molecule has 0 saturated heterocycles. The average Bonchev–Trinajstić information content (AvgIpc) is 2.65. The first kappa shape index (κ1) is 18.6. The number of amides is 1. The highest BCUT2D eigenvalue weighted by Crippen LogP contribution is 2.20. The Morgan fingerprint density at radius 1 is 1.31 bits per heavy atom. The van der Waals surface area contributed by atoms with E-state index in [4.69, 9.17) is 4.74 Å². The van der Waals surface area contributed by atoms with E-state index in [1.165, 1.54) is 30.2 Å². The Morgan fingerprint density at radius 2 is 2.12 bits per heavy atom. The molecule has 1 N–H and O–H groups in total. The summed E-state index contributed by atoms with van der Waals surface area (Å²) in [6.45, 7) is 3.13. The van der Waals surface area contributed by atoms with Gasteiger partial charge in [0.25, 0.3) is 5.56 Å². The van der Waals surface area contributed by atoms with Gasteiger partial charge < -0.3 is 10.1 Å². The van der Waals surface area contributed by atoms with E-state index in [0.29, 0.717) is 30.2 Å². The normalized spacial score (nSPS) is 15.3. The van der Waals surface area contributed by atoms with E-state index in [1.54, 1.807) is 6.07 Å². The minimum Gasteiger partial charge on any atom is -0.378 e. The van der Waals surface area contributed by atoms with E-state index < -0.39 is 0 Å². The van der Waals surface area contributed by atoms with Crippen molar-refractivity contribution in [3.63, 3.8) is 0 Å². The van der Waals surface area contributed by atoms with Gasteiger partial charge in [-0.05, 0) is 37.8 Å². The third kappa shape index (κ3) is 4.69. The Kier molecular flexibility index (Phi) is 6.39. The third-order valence-corrected chi connectivity index (χ3v) is 4.92. The van der Waals surface area contributed by atoms with Crippen LogP contribution in [-0.2, 0) is 16.1 Å². The van der Waals surface area contributed by atoms with Crippen LogP contribution in [0.15, 0.2) is 29.3 Å². The summed E-state index contributed by atoms with van der Waals surface area (Å²) in [4.78, 5) is 28.9. The van der Waals surface area contributed by atoms with E-state index >= 15 is 0 Å². The molecule has 1 saturated carbocycles. The topological polar surface area (TPSA) is 73.2 Å². The molecule has 1 aliphatic carbocycles. The highest BCUT2D eigenvalue weighted by Gasteiger charge is 2.13. The fraction of sp³-hybridized carbons (Fsp3) is 0.550. The van der Waals surface area contributed by atoms with Crippen LogP contribution in [0.5, 0.6) is 0 Å². The zero-order chi connectivity index (χ0) is 18.4. The van der Waals surface area contributed by atoms with E-state index in [9.17, 15) is 9.59 Å². The molecule has 1 aromatic carbocycles. The summed E-state index contributed by atoms with van der Waals surface area (Å²) in [7, 11) is 0. The summed E-state index contributed by atoms with van der Waals surface area (Å²) < 4.78 is 7.20. The Balaban J connectivity index is 1.45. The number of rotatable bonds is 7. The number of aromatic nitrogens is 2. The molecule has 26 heavy (non-hydrogen) atoms. The standard InChI is InChI=1S/C20H27N3O3/c1-15-7-5-10-17-19(15)22-14-23(20(17)25)13-18(24)21-11-6-12-26-16-8-3-2-4-9-16/h5,7,10,14,16H,2-4,6,8-9,11-13H2,1H3,(H,21,24). The minimum atomic E-state index is -0.186. The van der Waals surface area contributed by atoms with Crippen molar-refractivity contribution in [3.05, 3.63) is 40.4 Å². The Hall–Kier alpha value is -2.21. The number of hydrogen-bond donors (Lipinski definition) is 1. The van der Waals surface area contributed by atoms with Crippen LogP contribution in [0.25, 0.3) is 10.9 Å². The molecule has 0 unspecified atom stereocenters. The van der Waals surface area contributed by atoms with Crippen molar-refractivity contribution in [2.75, 3.05) is 13.2 Å².